The fourth-order valence-corrected chi connectivity index (χ4v) is 2.62. The van der Waals surface area contributed by atoms with E-state index < -0.39 is 0 Å². The molecule has 3 heteroatoms. The highest BCUT2D eigenvalue weighted by atomic mass is 16.2. The van der Waals surface area contributed by atoms with Crippen LogP contribution in [0.5, 0.6) is 0 Å². The first-order valence-electron chi connectivity index (χ1n) is 7.29. The van der Waals surface area contributed by atoms with Gasteiger partial charge in [0.15, 0.2) is 0 Å². The summed E-state index contributed by atoms with van der Waals surface area (Å²) in [7, 11) is 0. The molecule has 0 aromatic heterocycles. The smallest absolute Gasteiger partial charge is 0.224 e. The molecule has 1 fully saturated rings. The number of carbonyl (C=O) groups is 1. The number of carbonyl (C=O) groups excluding carboxylic acids is 1. The van der Waals surface area contributed by atoms with Crippen LogP contribution in [0.15, 0.2) is 30.3 Å². The van der Waals surface area contributed by atoms with Gasteiger partial charge in [-0.3, -0.25) is 4.79 Å². The van der Waals surface area contributed by atoms with Gasteiger partial charge in [0.05, 0.1) is 12.0 Å². The van der Waals surface area contributed by atoms with Crippen molar-refractivity contribution in [3.05, 3.63) is 35.9 Å². The third-order valence-electron chi connectivity index (χ3n) is 3.96. The van der Waals surface area contributed by atoms with Crippen LogP contribution in [0, 0.1) is 5.92 Å². The minimum absolute atomic E-state index is 0.119. The van der Waals surface area contributed by atoms with Gasteiger partial charge in [-0.2, -0.15) is 0 Å². The molecule has 1 aromatic rings. The maximum Gasteiger partial charge on any atom is 0.224 e. The normalized spacial score (nSPS) is 24.7. The Morgan fingerprint density at radius 2 is 2.11 bits per heavy atom. The second-order valence-corrected chi connectivity index (χ2v) is 5.46. The Morgan fingerprint density at radius 3 is 2.68 bits per heavy atom. The molecule has 1 saturated heterocycles. The van der Waals surface area contributed by atoms with Crippen molar-refractivity contribution in [2.24, 2.45) is 5.92 Å². The van der Waals surface area contributed by atoms with Crippen LogP contribution in [0.4, 0.5) is 0 Å². The molecule has 0 bridgehead atoms. The van der Waals surface area contributed by atoms with Crippen LogP contribution >= 0.6 is 0 Å². The van der Waals surface area contributed by atoms with Crippen molar-refractivity contribution in [2.75, 3.05) is 6.54 Å². The molecule has 1 aromatic carbocycles. The average Bonchev–Trinajstić information content (AvgIpc) is 2.46. The summed E-state index contributed by atoms with van der Waals surface area (Å²) in [6.07, 6.45) is 3.00. The second-order valence-electron chi connectivity index (χ2n) is 5.46. The zero-order chi connectivity index (χ0) is 13.7. The summed E-state index contributed by atoms with van der Waals surface area (Å²) >= 11 is 0. The highest BCUT2D eigenvalue weighted by molar-refractivity contribution is 5.79. The molecule has 0 radical (unpaired) electrons. The van der Waals surface area contributed by atoms with Crippen molar-refractivity contribution in [1.82, 2.24) is 10.6 Å². The Labute approximate surface area is 115 Å². The molecule has 0 saturated carbocycles. The molecular weight excluding hydrogens is 236 g/mol. The molecule has 1 aliphatic rings. The van der Waals surface area contributed by atoms with E-state index >= 15 is 0 Å². The number of amides is 1. The van der Waals surface area contributed by atoms with Crippen molar-refractivity contribution in [2.45, 2.75) is 45.2 Å². The Hall–Kier alpha value is -1.35. The van der Waals surface area contributed by atoms with Gasteiger partial charge in [-0.05, 0) is 31.7 Å². The highest BCUT2D eigenvalue weighted by Crippen LogP contribution is 2.19. The first kappa shape index (κ1) is 14.1. The van der Waals surface area contributed by atoms with Gasteiger partial charge in [0.25, 0.3) is 0 Å². The van der Waals surface area contributed by atoms with Crippen LogP contribution in [0.1, 0.15) is 44.7 Å². The molecule has 0 spiro atoms. The molecule has 3 nitrogen and oxygen atoms in total. The summed E-state index contributed by atoms with van der Waals surface area (Å²) in [5.74, 6) is 0.309. The van der Waals surface area contributed by atoms with Crippen molar-refractivity contribution in [3.63, 3.8) is 0 Å². The summed E-state index contributed by atoms with van der Waals surface area (Å²) in [6.45, 7) is 5.09. The molecule has 104 valence electrons. The van der Waals surface area contributed by atoms with Crippen LogP contribution in [0.25, 0.3) is 0 Å². The Bertz CT molecular complexity index is 396. The monoisotopic (exact) mass is 260 g/mol. The molecule has 3 unspecified atom stereocenters. The zero-order valence-electron chi connectivity index (χ0n) is 11.9. The molecule has 19 heavy (non-hydrogen) atoms. The third kappa shape index (κ3) is 3.80. The van der Waals surface area contributed by atoms with Crippen LogP contribution in [-0.2, 0) is 4.79 Å². The lowest BCUT2D eigenvalue weighted by Gasteiger charge is -2.28. The number of piperidine rings is 1. The van der Waals surface area contributed by atoms with E-state index in [0.29, 0.717) is 6.04 Å². The number of benzene rings is 1. The molecule has 1 heterocycles. The van der Waals surface area contributed by atoms with Crippen LogP contribution in [0.3, 0.4) is 0 Å². The van der Waals surface area contributed by atoms with Crippen LogP contribution in [0.2, 0.25) is 0 Å². The quantitative estimate of drug-likeness (QED) is 0.874. The predicted octanol–water partition coefficient (Wildman–Crippen LogP) is 2.64. The van der Waals surface area contributed by atoms with Crippen molar-refractivity contribution in [3.8, 4) is 0 Å². The number of hydrogen-bond donors (Lipinski definition) is 2. The Balaban J connectivity index is 1.93. The van der Waals surface area contributed by atoms with E-state index in [2.05, 4.69) is 36.6 Å². The molecule has 1 aliphatic heterocycles. The minimum Gasteiger partial charge on any atom is -0.349 e. The molecular formula is C16H24N2O. The van der Waals surface area contributed by atoms with E-state index in [-0.39, 0.29) is 17.9 Å². The summed E-state index contributed by atoms with van der Waals surface area (Å²) in [6, 6.07) is 10.9. The van der Waals surface area contributed by atoms with Gasteiger partial charge in [0.1, 0.15) is 0 Å². The maximum atomic E-state index is 12.3. The van der Waals surface area contributed by atoms with Gasteiger partial charge < -0.3 is 10.6 Å². The lowest BCUT2D eigenvalue weighted by molar-refractivity contribution is -0.126. The maximum absolute atomic E-state index is 12.3. The second kappa shape index (κ2) is 6.71. The fraction of sp³-hybridized carbons (Fsp3) is 0.562. The Kier molecular flexibility index (Phi) is 4.97. The van der Waals surface area contributed by atoms with Gasteiger partial charge in [-0.1, -0.05) is 37.3 Å². The number of rotatable bonds is 4. The van der Waals surface area contributed by atoms with E-state index in [1.165, 1.54) is 5.56 Å². The highest BCUT2D eigenvalue weighted by Gasteiger charge is 2.25. The largest absolute Gasteiger partial charge is 0.349 e. The first-order valence-corrected chi connectivity index (χ1v) is 7.29. The summed E-state index contributed by atoms with van der Waals surface area (Å²) in [5, 5.41) is 6.57. The molecule has 2 rings (SSSR count). The minimum atomic E-state index is 0.119. The van der Waals surface area contributed by atoms with Crippen molar-refractivity contribution in [1.29, 1.82) is 0 Å². The van der Waals surface area contributed by atoms with Gasteiger partial charge in [-0.25, -0.2) is 0 Å². The van der Waals surface area contributed by atoms with Gasteiger partial charge in [-0.15, -0.1) is 0 Å². The van der Waals surface area contributed by atoms with Gasteiger partial charge >= 0.3 is 0 Å². The predicted molar refractivity (Wildman–Crippen MR) is 77.8 cm³/mol. The number of nitrogens with one attached hydrogen (secondary N) is 2. The summed E-state index contributed by atoms with van der Waals surface area (Å²) < 4.78 is 0. The average molecular weight is 260 g/mol. The van der Waals surface area contributed by atoms with Crippen LogP contribution in [-0.4, -0.2) is 18.5 Å². The molecule has 2 N–H and O–H groups in total. The first-order chi connectivity index (χ1) is 9.20. The van der Waals surface area contributed by atoms with Gasteiger partial charge in [0.2, 0.25) is 5.91 Å². The summed E-state index contributed by atoms with van der Waals surface area (Å²) in [5.41, 5.74) is 1.19. The van der Waals surface area contributed by atoms with E-state index in [1.54, 1.807) is 0 Å². The lowest BCUT2D eigenvalue weighted by atomic mass is 9.94. The van der Waals surface area contributed by atoms with E-state index in [1.807, 2.05) is 18.2 Å². The zero-order valence-corrected chi connectivity index (χ0v) is 11.9. The fourth-order valence-electron chi connectivity index (χ4n) is 2.62. The standard InChI is InChI=1S/C16H24N2O/c1-3-15(13-7-5-4-6-8-13)18-16(19)14-10-9-12(2)17-11-14/h4-8,12,14-15,17H,3,9-11H2,1-2H3,(H,18,19). The van der Waals surface area contributed by atoms with Crippen molar-refractivity contribution >= 4 is 5.91 Å². The van der Waals surface area contributed by atoms with Gasteiger partial charge in [0, 0.05) is 12.6 Å². The third-order valence-corrected chi connectivity index (χ3v) is 3.96. The van der Waals surface area contributed by atoms with E-state index in [0.717, 1.165) is 25.8 Å². The Morgan fingerprint density at radius 1 is 1.37 bits per heavy atom. The topological polar surface area (TPSA) is 41.1 Å². The number of hydrogen-bond acceptors (Lipinski definition) is 2. The van der Waals surface area contributed by atoms with E-state index in [9.17, 15) is 4.79 Å². The molecule has 3 atom stereocenters. The van der Waals surface area contributed by atoms with Crippen LogP contribution < -0.4 is 10.6 Å². The molecule has 1 amide bonds. The van der Waals surface area contributed by atoms with Crippen molar-refractivity contribution < 1.29 is 4.79 Å². The lowest BCUT2D eigenvalue weighted by Crippen LogP contribution is -2.44. The SMILES string of the molecule is CCC(NC(=O)C1CCC(C)NC1)c1ccccc1. The summed E-state index contributed by atoms with van der Waals surface area (Å²) in [4.78, 5) is 12.3. The van der Waals surface area contributed by atoms with E-state index in [4.69, 9.17) is 0 Å². The molecule has 0 aliphatic carbocycles.